The van der Waals surface area contributed by atoms with Crippen LogP contribution in [0.3, 0.4) is 0 Å². The van der Waals surface area contributed by atoms with Gasteiger partial charge in [-0.15, -0.1) is 11.3 Å². The molecule has 3 rings (SSSR count). The van der Waals surface area contributed by atoms with E-state index in [1.807, 2.05) is 31.2 Å². The lowest BCUT2D eigenvalue weighted by molar-refractivity contribution is 0.0505. The lowest BCUT2D eigenvalue weighted by atomic mass is 10.2. The predicted octanol–water partition coefficient (Wildman–Crippen LogP) is 5.37. The third-order valence-electron chi connectivity index (χ3n) is 3.53. The highest BCUT2D eigenvalue weighted by Crippen LogP contribution is 2.35. The first-order chi connectivity index (χ1) is 12.1. The van der Waals surface area contributed by atoms with Crippen LogP contribution in [-0.4, -0.2) is 18.5 Å². The molecule has 0 saturated carbocycles. The van der Waals surface area contributed by atoms with E-state index in [2.05, 4.69) is 5.32 Å². The molecular weight excluding hydrogens is 358 g/mol. The molecule has 1 N–H and O–H groups in total. The van der Waals surface area contributed by atoms with Crippen LogP contribution in [0.25, 0.3) is 10.1 Å². The molecule has 0 aliphatic heterocycles. The first-order valence-corrected chi connectivity index (χ1v) is 9.05. The number of hydrogen-bond donors (Lipinski definition) is 1. The van der Waals surface area contributed by atoms with Crippen molar-refractivity contribution in [2.24, 2.45) is 0 Å². The van der Waals surface area contributed by atoms with Gasteiger partial charge in [-0.25, -0.2) is 4.79 Å². The van der Waals surface area contributed by atoms with Gasteiger partial charge in [0.15, 0.2) is 0 Å². The first-order valence-electron chi connectivity index (χ1n) is 7.85. The number of rotatable bonds is 5. The van der Waals surface area contributed by atoms with Gasteiger partial charge >= 0.3 is 5.97 Å². The molecule has 0 bridgehead atoms. The number of esters is 1. The van der Waals surface area contributed by atoms with Gasteiger partial charge in [0, 0.05) is 15.8 Å². The van der Waals surface area contributed by atoms with Crippen LogP contribution in [0.2, 0.25) is 5.02 Å². The molecular formula is C19H16ClNO3S. The van der Waals surface area contributed by atoms with E-state index in [0.29, 0.717) is 27.8 Å². The van der Waals surface area contributed by atoms with E-state index in [1.54, 1.807) is 24.3 Å². The number of nitrogens with one attached hydrogen (secondary N) is 1. The fourth-order valence-corrected chi connectivity index (χ4v) is 3.76. The Hall–Kier alpha value is -2.37. The molecule has 4 nitrogen and oxygen atoms in total. The maximum absolute atomic E-state index is 12.6. The molecule has 0 radical (unpaired) electrons. The SMILES string of the molecule is CCCOC(=O)c1cccc(NC(=O)c2sc3ccccc3c2Cl)c1. The summed E-state index contributed by atoms with van der Waals surface area (Å²) >= 11 is 7.67. The molecule has 0 atom stereocenters. The van der Waals surface area contributed by atoms with Crippen LogP contribution < -0.4 is 5.32 Å². The molecule has 0 spiro atoms. The van der Waals surface area contributed by atoms with Crippen LogP contribution in [0.1, 0.15) is 33.4 Å². The number of carbonyl (C=O) groups is 2. The van der Waals surface area contributed by atoms with Gasteiger partial charge in [-0.05, 0) is 30.7 Å². The Morgan fingerprint density at radius 1 is 1.16 bits per heavy atom. The molecule has 0 saturated heterocycles. The molecule has 1 amide bonds. The largest absolute Gasteiger partial charge is 0.462 e. The van der Waals surface area contributed by atoms with Crippen molar-refractivity contribution in [2.75, 3.05) is 11.9 Å². The van der Waals surface area contributed by atoms with Crippen LogP contribution in [0.5, 0.6) is 0 Å². The standard InChI is InChI=1S/C19H16ClNO3S/c1-2-10-24-19(23)12-6-5-7-13(11-12)21-18(22)17-16(20)14-8-3-4-9-15(14)25-17/h3-9,11H,2,10H2,1H3,(H,21,22). The number of amides is 1. The predicted molar refractivity (Wildman–Crippen MR) is 102 cm³/mol. The average Bonchev–Trinajstić information content (AvgIpc) is 2.97. The summed E-state index contributed by atoms with van der Waals surface area (Å²) in [6.07, 6.45) is 0.757. The maximum Gasteiger partial charge on any atom is 0.338 e. The Bertz CT molecular complexity index is 935. The second-order valence-electron chi connectivity index (χ2n) is 5.41. The van der Waals surface area contributed by atoms with Crippen molar-refractivity contribution >= 4 is 50.6 Å². The minimum absolute atomic E-state index is 0.301. The second-order valence-corrected chi connectivity index (χ2v) is 6.84. The fourth-order valence-electron chi connectivity index (χ4n) is 2.35. The van der Waals surface area contributed by atoms with Gasteiger partial charge in [-0.1, -0.05) is 42.8 Å². The highest BCUT2D eigenvalue weighted by Gasteiger charge is 2.17. The minimum Gasteiger partial charge on any atom is -0.462 e. The van der Waals surface area contributed by atoms with E-state index in [4.69, 9.17) is 16.3 Å². The van der Waals surface area contributed by atoms with Gasteiger partial charge in [0.1, 0.15) is 4.88 Å². The number of halogens is 1. The van der Waals surface area contributed by atoms with Gasteiger partial charge in [-0.3, -0.25) is 4.79 Å². The molecule has 3 aromatic rings. The van der Waals surface area contributed by atoms with Crippen LogP contribution in [0, 0.1) is 0 Å². The van der Waals surface area contributed by atoms with E-state index >= 15 is 0 Å². The van der Waals surface area contributed by atoms with Crippen molar-refractivity contribution in [2.45, 2.75) is 13.3 Å². The third-order valence-corrected chi connectivity index (χ3v) is 5.21. The van der Waals surface area contributed by atoms with Crippen LogP contribution in [0.4, 0.5) is 5.69 Å². The first kappa shape index (κ1) is 17.5. The molecule has 1 aromatic heterocycles. The second kappa shape index (κ2) is 7.68. The number of hydrogen-bond acceptors (Lipinski definition) is 4. The zero-order valence-corrected chi connectivity index (χ0v) is 15.1. The lowest BCUT2D eigenvalue weighted by Gasteiger charge is -2.07. The van der Waals surface area contributed by atoms with Crippen LogP contribution >= 0.6 is 22.9 Å². The summed E-state index contributed by atoms with van der Waals surface area (Å²) in [7, 11) is 0. The highest BCUT2D eigenvalue weighted by atomic mass is 35.5. The Kier molecular flexibility index (Phi) is 5.36. The molecule has 25 heavy (non-hydrogen) atoms. The van der Waals surface area contributed by atoms with E-state index in [-0.39, 0.29) is 5.91 Å². The summed E-state index contributed by atoms with van der Waals surface area (Å²) in [5, 5.41) is 4.09. The zero-order chi connectivity index (χ0) is 17.8. The van der Waals surface area contributed by atoms with Crippen LogP contribution in [-0.2, 0) is 4.74 Å². The molecule has 1 heterocycles. The molecule has 0 aliphatic carbocycles. The zero-order valence-electron chi connectivity index (χ0n) is 13.5. The van der Waals surface area contributed by atoms with Crippen molar-refractivity contribution in [3.8, 4) is 0 Å². The van der Waals surface area contributed by atoms with E-state index in [9.17, 15) is 9.59 Å². The quantitative estimate of drug-likeness (QED) is 0.611. The molecule has 2 aromatic carbocycles. The summed E-state index contributed by atoms with van der Waals surface area (Å²) < 4.78 is 6.06. The maximum atomic E-state index is 12.6. The topological polar surface area (TPSA) is 55.4 Å². The molecule has 0 fully saturated rings. The number of thiophene rings is 1. The number of fused-ring (bicyclic) bond motifs is 1. The van der Waals surface area contributed by atoms with Gasteiger partial charge in [-0.2, -0.15) is 0 Å². The van der Waals surface area contributed by atoms with Gasteiger partial charge in [0.25, 0.3) is 5.91 Å². The number of anilines is 1. The van der Waals surface area contributed by atoms with Crippen molar-refractivity contribution in [1.82, 2.24) is 0 Å². The third kappa shape index (κ3) is 3.83. The summed E-state index contributed by atoms with van der Waals surface area (Å²) in [4.78, 5) is 24.9. The smallest absolute Gasteiger partial charge is 0.338 e. The van der Waals surface area contributed by atoms with Crippen molar-refractivity contribution in [3.05, 3.63) is 64.0 Å². The van der Waals surface area contributed by atoms with E-state index in [0.717, 1.165) is 16.5 Å². The summed E-state index contributed by atoms with van der Waals surface area (Å²) in [6.45, 7) is 2.30. The van der Waals surface area contributed by atoms with Gasteiger partial charge in [0.05, 0.1) is 17.2 Å². The molecule has 6 heteroatoms. The van der Waals surface area contributed by atoms with Gasteiger partial charge in [0.2, 0.25) is 0 Å². The Balaban J connectivity index is 1.80. The minimum atomic E-state index is -0.405. The van der Waals surface area contributed by atoms with E-state index < -0.39 is 5.97 Å². The lowest BCUT2D eigenvalue weighted by Crippen LogP contribution is -2.12. The van der Waals surface area contributed by atoms with Crippen LogP contribution in [0.15, 0.2) is 48.5 Å². The number of carbonyl (C=O) groups excluding carboxylic acids is 2. The van der Waals surface area contributed by atoms with Crippen molar-refractivity contribution in [3.63, 3.8) is 0 Å². The summed E-state index contributed by atoms with van der Waals surface area (Å²) in [6, 6.07) is 14.3. The Labute approximate surface area is 154 Å². The number of benzene rings is 2. The Morgan fingerprint density at radius 3 is 2.72 bits per heavy atom. The summed E-state index contributed by atoms with van der Waals surface area (Å²) in [5.41, 5.74) is 0.915. The van der Waals surface area contributed by atoms with Crippen molar-refractivity contribution < 1.29 is 14.3 Å². The molecule has 0 unspecified atom stereocenters. The molecule has 0 aliphatic rings. The average molecular weight is 374 g/mol. The van der Waals surface area contributed by atoms with E-state index in [1.165, 1.54) is 11.3 Å². The van der Waals surface area contributed by atoms with Crippen molar-refractivity contribution in [1.29, 1.82) is 0 Å². The normalized spacial score (nSPS) is 10.6. The Morgan fingerprint density at radius 2 is 1.96 bits per heavy atom. The van der Waals surface area contributed by atoms with Gasteiger partial charge < -0.3 is 10.1 Å². The highest BCUT2D eigenvalue weighted by molar-refractivity contribution is 7.21. The fraction of sp³-hybridized carbons (Fsp3) is 0.158. The number of ether oxygens (including phenoxy) is 1. The molecule has 128 valence electrons. The monoisotopic (exact) mass is 373 g/mol. The summed E-state index contributed by atoms with van der Waals surface area (Å²) in [5.74, 6) is -0.705.